The standard InChI is InChI=1S/C18H10ClF6N3O3/c19-11-6-1-2-7-12(11)28-14(30)16(18(23,24)25,27-15(28)31)26-13(29)9-4-3-5-10(8-9)17(20,21)22/h1-8H,(H,26,29)(H,27,31)/t16-/m1/s1. The molecule has 0 unspecified atom stereocenters. The average Bonchev–Trinajstić information content (AvgIpc) is 2.92. The quantitative estimate of drug-likeness (QED) is 0.529. The maximum atomic E-state index is 13.9. The van der Waals surface area contributed by atoms with Crippen LogP contribution in [0.1, 0.15) is 15.9 Å². The molecule has 2 aromatic rings. The van der Waals surface area contributed by atoms with Crippen LogP contribution in [0.15, 0.2) is 48.5 Å². The number of benzene rings is 2. The van der Waals surface area contributed by atoms with Gasteiger partial charge in [-0.3, -0.25) is 14.9 Å². The molecule has 1 aliphatic heterocycles. The Morgan fingerprint density at radius 2 is 1.65 bits per heavy atom. The van der Waals surface area contributed by atoms with Crippen molar-refractivity contribution in [2.24, 2.45) is 0 Å². The molecule has 1 aliphatic rings. The highest BCUT2D eigenvalue weighted by Gasteiger charge is 2.69. The molecule has 1 heterocycles. The highest BCUT2D eigenvalue weighted by molar-refractivity contribution is 6.36. The van der Waals surface area contributed by atoms with Gasteiger partial charge in [0.1, 0.15) is 0 Å². The Morgan fingerprint density at radius 1 is 1.00 bits per heavy atom. The van der Waals surface area contributed by atoms with E-state index in [4.69, 9.17) is 11.6 Å². The smallest absolute Gasteiger partial charge is 0.314 e. The van der Waals surface area contributed by atoms with E-state index in [9.17, 15) is 40.7 Å². The van der Waals surface area contributed by atoms with Crippen LogP contribution >= 0.6 is 11.6 Å². The molecule has 0 radical (unpaired) electrons. The Morgan fingerprint density at radius 3 is 2.23 bits per heavy atom. The summed E-state index contributed by atoms with van der Waals surface area (Å²) in [5.74, 6) is -3.60. The van der Waals surface area contributed by atoms with Crippen LogP contribution in [0.2, 0.25) is 5.02 Å². The minimum absolute atomic E-state index is 0.0856. The van der Waals surface area contributed by atoms with Gasteiger partial charge in [-0.1, -0.05) is 29.8 Å². The van der Waals surface area contributed by atoms with Gasteiger partial charge in [0, 0.05) is 5.56 Å². The van der Waals surface area contributed by atoms with E-state index in [2.05, 4.69) is 0 Å². The maximum Gasteiger partial charge on any atom is 0.440 e. The molecular formula is C18H10ClF6N3O3. The number of alkyl halides is 6. The molecule has 0 aromatic heterocycles. The summed E-state index contributed by atoms with van der Waals surface area (Å²) >= 11 is 5.86. The van der Waals surface area contributed by atoms with E-state index in [0.29, 0.717) is 12.1 Å². The van der Waals surface area contributed by atoms with Crippen molar-refractivity contribution < 1.29 is 40.7 Å². The van der Waals surface area contributed by atoms with Gasteiger partial charge >= 0.3 is 18.4 Å². The molecule has 0 spiro atoms. The van der Waals surface area contributed by atoms with E-state index >= 15 is 0 Å². The van der Waals surface area contributed by atoms with Gasteiger partial charge in [0.25, 0.3) is 17.5 Å². The first-order valence-electron chi connectivity index (χ1n) is 8.25. The number of hydrogen-bond donors (Lipinski definition) is 2. The van der Waals surface area contributed by atoms with Crippen molar-refractivity contribution in [3.8, 4) is 0 Å². The fourth-order valence-electron chi connectivity index (χ4n) is 2.81. The highest BCUT2D eigenvalue weighted by Crippen LogP contribution is 2.38. The molecule has 3 rings (SSSR count). The summed E-state index contributed by atoms with van der Waals surface area (Å²) in [6, 6.07) is 6.02. The maximum absolute atomic E-state index is 13.9. The van der Waals surface area contributed by atoms with Crippen LogP contribution in [0.25, 0.3) is 0 Å². The Balaban J connectivity index is 2.02. The minimum atomic E-state index is -5.55. The molecule has 1 fully saturated rings. The third-order valence-electron chi connectivity index (χ3n) is 4.29. The molecule has 0 aliphatic carbocycles. The minimum Gasteiger partial charge on any atom is -0.314 e. The molecule has 4 amide bonds. The Kier molecular flexibility index (Phi) is 5.38. The number of hydrogen-bond acceptors (Lipinski definition) is 3. The number of imide groups is 1. The zero-order chi connectivity index (χ0) is 23.2. The van der Waals surface area contributed by atoms with Gasteiger partial charge < -0.3 is 5.32 Å². The van der Waals surface area contributed by atoms with Gasteiger partial charge in [-0.2, -0.15) is 26.3 Å². The van der Waals surface area contributed by atoms with E-state index in [1.807, 2.05) is 0 Å². The fraction of sp³-hybridized carbons (Fsp3) is 0.167. The highest BCUT2D eigenvalue weighted by atomic mass is 35.5. The van der Waals surface area contributed by atoms with Gasteiger partial charge in [-0.25, -0.2) is 9.69 Å². The first-order chi connectivity index (χ1) is 14.3. The van der Waals surface area contributed by atoms with E-state index in [1.165, 1.54) is 28.8 Å². The molecule has 6 nitrogen and oxygen atoms in total. The second-order valence-electron chi connectivity index (χ2n) is 6.30. The second kappa shape index (κ2) is 7.45. The summed E-state index contributed by atoms with van der Waals surface area (Å²) in [4.78, 5) is 37.4. The number of nitrogens with one attached hydrogen (secondary N) is 2. The largest absolute Gasteiger partial charge is 0.440 e. The van der Waals surface area contributed by atoms with Gasteiger partial charge in [0.2, 0.25) is 0 Å². The van der Waals surface area contributed by atoms with Crippen LogP contribution in [0.3, 0.4) is 0 Å². The summed E-state index contributed by atoms with van der Waals surface area (Å²) in [5.41, 5.74) is -6.40. The number of urea groups is 1. The molecule has 1 saturated heterocycles. The van der Waals surface area contributed by atoms with Gasteiger partial charge in [-0.05, 0) is 30.3 Å². The van der Waals surface area contributed by atoms with E-state index in [0.717, 1.165) is 18.2 Å². The van der Waals surface area contributed by atoms with Crippen molar-refractivity contribution in [2.75, 3.05) is 4.90 Å². The first kappa shape index (κ1) is 22.4. The van der Waals surface area contributed by atoms with Crippen LogP contribution in [0, 0.1) is 0 Å². The molecule has 0 bridgehead atoms. The summed E-state index contributed by atoms with van der Waals surface area (Å²) in [6.45, 7) is 0. The monoisotopic (exact) mass is 465 g/mol. The summed E-state index contributed by atoms with van der Waals surface area (Å²) in [6.07, 6.45) is -10.4. The Bertz CT molecular complexity index is 1070. The van der Waals surface area contributed by atoms with E-state index in [-0.39, 0.29) is 15.6 Å². The number of rotatable bonds is 3. The molecule has 1 atom stereocenters. The topological polar surface area (TPSA) is 78.5 Å². The second-order valence-corrected chi connectivity index (χ2v) is 6.71. The number of para-hydroxylation sites is 1. The first-order valence-corrected chi connectivity index (χ1v) is 8.63. The van der Waals surface area contributed by atoms with Crippen molar-refractivity contribution >= 4 is 35.1 Å². The van der Waals surface area contributed by atoms with Crippen molar-refractivity contribution in [3.05, 3.63) is 64.7 Å². The van der Waals surface area contributed by atoms with Gasteiger partial charge in [0.15, 0.2) is 0 Å². The van der Waals surface area contributed by atoms with Crippen LogP contribution in [-0.2, 0) is 11.0 Å². The third kappa shape index (κ3) is 3.90. The number of carbonyl (C=O) groups is 3. The molecule has 2 aromatic carbocycles. The van der Waals surface area contributed by atoms with Crippen LogP contribution in [-0.4, -0.2) is 29.7 Å². The average molecular weight is 466 g/mol. The number of nitrogens with zero attached hydrogens (tertiary/aromatic N) is 1. The lowest BCUT2D eigenvalue weighted by molar-refractivity contribution is -0.197. The molecule has 13 heteroatoms. The van der Waals surface area contributed by atoms with Crippen molar-refractivity contribution in [1.29, 1.82) is 0 Å². The summed E-state index contributed by atoms with van der Waals surface area (Å²) in [7, 11) is 0. The third-order valence-corrected chi connectivity index (χ3v) is 4.61. The van der Waals surface area contributed by atoms with Crippen molar-refractivity contribution in [1.82, 2.24) is 10.6 Å². The summed E-state index contributed by atoms with van der Waals surface area (Å²) < 4.78 is 80.2. The number of carbonyl (C=O) groups excluding carboxylic acids is 3. The molecular weight excluding hydrogens is 456 g/mol. The fourth-order valence-corrected chi connectivity index (χ4v) is 3.03. The van der Waals surface area contributed by atoms with E-state index in [1.54, 1.807) is 0 Å². The number of amides is 4. The van der Waals surface area contributed by atoms with Crippen LogP contribution < -0.4 is 15.5 Å². The predicted molar refractivity (Wildman–Crippen MR) is 95.2 cm³/mol. The van der Waals surface area contributed by atoms with Crippen LogP contribution in [0.4, 0.5) is 36.8 Å². The molecule has 2 N–H and O–H groups in total. The normalized spacial score (nSPS) is 19.4. The lowest BCUT2D eigenvalue weighted by Gasteiger charge is -2.30. The number of halogens is 7. The molecule has 164 valence electrons. The van der Waals surface area contributed by atoms with E-state index < -0.39 is 47.0 Å². The lowest BCUT2D eigenvalue weighted by atomic mass is 10.1. The SMILES string of the molecule is O=C(N[C@@]1(C(F)(F)F)NC(=O)N(c2ccccc2Cl)C1=O)c1cccc(C(F)(F)F)c1. The van der Waals surface area contributed by atoms with Gasteiger partial charge in [0.05, 0.1) is 16.3 Å². The Hall–Kier alpha value is -3.28. The lowest BCUT2D eigenvalue weighted by Crippen LogP contribution is -2.69. The molecule has 31 heavy (non-hydrogen) atoms. The van der Waals surface area contributed by atoms with Gasteiger partial charge in [-0.15, -0.1) is 0 Å². The Labute approximate surface area is 174 Å². The zero-order valence-corrected chi connectivity index (χ0v) is 15.7. The predicted octanol–water partition coefficient (Wildman–Crippen LogP) is 4.10. The number of anilines is 1. The molecule has 0 saturated carbocycles. The zero-order valence-electron chi connectivity index (χ0n) is 14.9. The van der Waals surface area contributed by atoms with Crippen molar-refractivity contribution in [3.63, 3.8) is 0 Å². The van der Waals surface area contributed by atoms with Crippen molar-refractivity contribution in [2.45, 2.75) is 18.0 Å². The summed E-state index contributed by atoms with van der Waals surface area (Å²) in [5, 5.41) is 2.48. The van der Waals surface area contributed by atoms with Crippen LogP contribution in [0.5, 0.6) is 0 Å².